The molecule has 1 atom stereocenters. The molecule has 3 heterocycles. The van der Waals surface area contributed by atoms with Crippen molar-refractivity contribution < 1.29 is 4.79 Å². The zero-order chi connectivity index (χ0) is 15.1. The molecule has 2 aliphatic rings. The monoisotopic (exact) mass is 296 g/mol. The Kier molecular flexibility index (Phi) is 3.13. The highest BCUT2D eigenvalue weighted by molar-refractivity contribution is 5.99. The molecule has 0 saturated carbocycles. The molecule has 1 fully saturated rings. The molecule has 22 heavy (non-hydrogen) atoms. The van der Waals surface area contributed by atoms with Gasteiger partial charge in [-0.15, -0.1) is 0 Å². The number of carbonyl (C=O) groups excluding carboxylic acids is 1. The molecule has 114 valence electrons. The molecule has 4 rings (SSSR count). The molecular weight excluding hydrogens is 276 g/mol. The van der Waals surface area contributed by atoms with E-state index >= 15 is 0 Å². The number of hydrogen-bond donors (Lipinski definition) is 0. The molecule has 1 aromatic carbocycles. The van der Waals surface area contributed by atoms with Crippen molar-refractivity contribution in [3.05, 3.63) is 42.1 Å². The van der Waals surface area contributed by atoms with Crippen molar-refractivity contribution in [2.45, 2.75) is 25.3 Å². The number of carbonyl (C=O) groups is 1. The third kappa shape index (κ3) is 2.08. The summed E-state index contributed by atoms with van der Waals surface area (Å²) >= 11 is 0. The SMILES string of the molecule is Cn1ccc(N2CCCC(N3CCc4ccccc43)C2=O)n1. The zero-order valence-electron chi connectivity index (χ0n) is 12.8. The summed E-state index contributed by atoms with van der Waals surface area (Å²) < 4.78 is 1.75. The summed E-state index contributed by atoms with van der Waals surface area (Å²) in [7, 11) is 1.88. The molecule has 2 aromatic rings. The lowest BCUT2D eigenvalue weighted by Crippen LogP contribution is -2.52. The van der Waals surface area contributed by atoms with Gasteiger partial charge in [0.25, 0.3) is 5.91 Å². The van der Waals surface area contributed by atoms with Crippen LogP contribution in [0.5, 0.6) is 0 Å². The second-order valence-corrected chi connectivity index (χ2v) is 6.07. The maximum atomic E-state index is 13.0. The Morgan fingerprint density at radius 3 is 2.86 bits per heavy atom. The van der Waals surface area contributed by atoms with Gasteiger partial charge in [0.15, 0.2) is 5.82 Å². The topological polar surface area (TPSA) is 41.4 Å². The minimum absolute atomic E-state index is 0.0561. The van der Waals surface area contributed by atoms with E-state index in [9.17, 15) is 4.79 Å². The average Bonchev–Trinajstić information content (AvgIpc) is 3.14. The molecule has 1 unspecified atom stereocenters. The van der Waals surface area contributed by atoms with Gasteiger partial charge >= 0.3 is 0 Å². The standard InChI is InChI=1S/C17H20N4O/c1-19-11-9-16(18-19)21-10-4-7-15(17(21)22)20-12-8-13-5-2-3-6-14(13)20/h2-3,5-6,9,11,15H,4,7-8,10,12H2,1H3. The van der Waals surface area contributed by atoms with Crippen LogP contribution in [0.3, 0.4) is 0 Å². The lowest BCUT2D eigenvalue weighted by atomic mass is 10.0. The number of aromatic nitrogens is 2. The van der Waals surface area contributed by atoms with E-state index in [-0.39, 0.29) is 11.9 Å². The van der Waals surface area contributed by atoms with Crippen molar-refractivity contribution in [2.75, 3.05) is 22.9 Å². The Bertz CT molecular complexity index is 708. The van der Waals surface area contributed by atoms with E-state index < -0.39 is 0 Å². The summed E-state index contributed by atoms with van der Waals surface area (Å²) in [6, 6.07) is 10.3. The van der Waals surface area contributed by atoms with Crippen LogP contribution < -0.4 is 9.80 Å². The van der Waals surface area contributed by atoms with Crippen molar-refractivity contribution in [3.63, 3.8) is 0 Å². The van der Waals surface area contributed by atoms with E-state index in [1.165, 1.54) is 11.3 Å². The van der Waals surface area contributed by atoms with Gasteiger partial charge in [0, 0.05) is 38.1 Å². The van der Waals surface area contributed by atoms with Crippen molar-refractivity contribution in [1.82, 2.24) is 9.78 Å². The molecule has 5 heteroatoms. The molecule has 1 aromatic heterocycles. The zero-order valence-corrected chi connectivity index (χ0v) is 12.8. The summed E-state index contributed by atoms with van der Waals surface area (Å²) in [6.07, 6.45) is 4.86. The van der Waals surface area contributed by atoms with Gasteiger partial charge in [-0.1, -0.05) is 18.2 Å². The first-order valence-electron chi connectivity index (χ1n) is 7.89. The fraction of sp³-hybridized carbons (Fsp3) is 0.412. The Balaban J connectivity index is 1.62. The fourth-order valence-corrected chi connectivity index (χ4v) is 3.61. The number of amides is 1. The number of nitrogens with zero attached hydrogens (tertiary/aromatic N) is 4. The summed E-state index contributed by atoms with van der Waals surface area (Å²) in [5.74, 6) is 0.950. The normalized spacial score (nSPS) is 21.3. The average molecular weight is 296 g/mol. The van der Waals surface area contributed by atoms with E-state index in [0.717, 1.165) is 38.2 Å². The molecule has 1 saturated heterocycles. The fourth-order valence-electron chi connectivity index (χ4n) is 3.61. The first-order chi connectivity index (χ1) is 10.7. The lowest BCUT2D eigenvalue weighted by molar-refractivity contribution is -0.121. The largest absolute Gasteiger partial charge is 0.359 e. The quantitative estimate of drug-likeness (QED) is 0.851. The second-order valence-electron chi connectivity index (χ2n) is 6.07. The predicted molar refractivity (Wildman–Crippen MR) is 86.1 cm³/mol. The first-order valence-corrected chi connectivity index (χ1v) is 7.89. The maximum Gasteiger partial charge on any atom is 0.250 e. The predicted octanol–water partition coefficient (Wildman–Crippen LogP) is 1.98. The van der Waals surface area contributed by atoms with E-state index in [2.05, 4.69) is 34.3 Å². The van der Waals surface area contributed by atoms with Crippen molar-refractivity contribution in [2.24, 2.45) is 7.05 Å². The summed E-state index contributed by atoms with van der Waals surface area (Å²) in [4.78, 5) is 17.1. The third-order valence-corrected chi connectivity index (χ3v) is 4.69. The van der Waals surface area contributed by atoms with Gasteiger partial charge in [-0.3, -0.25) is 14.4 Å². The summed E-state index contributed by atoms with van der Waals surface area (Å²) in [5.41, 5.74) is 2.58. The third-order valence-electron chi connectivity index (χ3n) is 4.69. The molecular formula is C17H20N4O. The molecule has 2 aliphatic heterocycles. The molecule has 5 nitrogen and oxygen atoms in total. The number of rotatable bonds is 2. The minimum Gasteiger partial charge on any atom is -0.359 e. The van der Waals surface area contributed by atoms with Crippen molar-refractivity contribution in [1.29, 1.82) is 0 Å². The van der Waals surface area contributed by atoms with E-state index in [4.69, 9.17) is 0 Å². The molecule has 0 N–H and O–H groups in total. The van der Waals surface area contributed by atoms with Crippen LogP contribution in [0.2, 0.25) is 0 Å². The van der Waals surface area contributed by atoms with Gasteiger partial charge in [0.1, 0.15) is 6.04 Å². The Morgan fingerprint density at radius 2 is 2.05 bits per heavy atom. The summed E-state index contributed by atoms with van der Waals surface area (Å²) in [5, 5.41) is 4.39. The van der Waals surface area contributed by atoms with E-state index in [0.29, 0.717) is 0 Å². The lowest BCUT2D eigenvalue weighted by Gasteiger charge is -2.37. The van der Waals surface area contributed by atoms with Gasteiger partial charge in [0.2, 0.25) is 0 Å². The Labute approximate surface area is 130 Å². The van der Waals surface area contributed by atoms with Gasteiger partial charge in [-0.2, -0.15) is 5.10 Å². The second kappa shape index (κ2) is 5.16. The number of fused-ring (bicyclic) bond motifs is 1. The highest BCUT2D eigenvalue weighted by Crippen LogP contribution is 2.33. The van der Waals surface area contributed by atoms with Crippen LogP contribution in [0, 0.1) is 0 Å². The molecule has 0 spiro atoms. The highest BCUT2D eigenvalue weighted by Gasteiger charge is 2.37. The smallest absolute Gasteiger partial charge is 0.250 e. The number of benzene rings is 1. The molecule has 0 radical (unpaired) electrons. The van der Waals surface area contributed by atoms with Crippen molar-refractivity contribution >= 4 is 17.4 Å². The number of piperidine rings is 1. The van der Waals surface area contributed by atoms with Crippen LogP contribution in [0.1, 0.15) is 18.4 Å². The van der Waals surface area contributed by atoms with Gasteiger partial charge in [-0.05, 0) is 30.9 Å². The van der Waals surface area contributed by atoms with Crippen LogP contribution in [0.25, 0.3) is 0 Å². The number of aryl methyl sites for hydroxylation is 1. The number of anilines is 2. The Morgan fingerprint density at radius 1 is 1.18 bits per heavy atom. The van der Waals surface area contributed by atoms with Gasteiger partial charge < -0.3 is 4.90 Å². The molecule has 0 aliphatic carbocycles. The Hall–Kier alpha value is -2.30. The molecule has 1 amide bonds. The van der Waals surface area contributed by atoms with E-state index in [1.807, 2.05) is 24.2 Å². The van der Waals surface area contributed by atoms with Crippen LogP contribution in [-0.2, 0) is 18.3 Å². The van der Waals surface area contributed by atoms with Crippen LogP contribution in [0.15, 0.2) is 36.5 Å². The van der Waals surface area contributed by atoms with Crippen LogP contribution in [0.4, 0.5) is 11.5 Å². The highest BCUT2D eigenvalue weighted by atomic mass is 16.2. The minimum atomic E-state index is -0.0561. The van der Waals surface area contributed by atoms with Crippen LogP contribution >= 0.6 is 0 Å². The van der Waals surface area contributed by atoms with Gasteiger partial charge in [-0.25, -0.2) is 0 Å². The maximum absolute atomic E-state index is 13.0. The first kappa shape index (κ1) is 13.4. The van der Waals surface area contributed by atoms with E-state index in [1.54, 1.807) is 4.68 Å². The summed E-state index contributed by atoms with van der Waals surface area (Å²) in [6.45, 7) is 1.70. The van der Waals surface area contributed by atoms with Gasteiger partial charge in [0.05, 0.1) is 0 Å². The number of para-hydroxylation sites is 1. The van der Waals surface area contributed by atoms with Crippen molar-refractivity contribution in [3.8, 4) is 0 Å². The van der Waals surface area contributed by atoms with Crippen LogP contribution in [-0.4, -0.2) is 34.8 Å². The number of hydrogen-bond acceptors (Lipinski definition) is 3. The molecule has 0 bridgehead atoms.